The number of aromatic nitrogens is 2. The monoisotopic (exact) mass is 233 g/mol. The number of anilines is 1. The number of carbonyl (C=O) groups excluding carboxylic acids is 1. The van der Waals surface area contributed by atoms with Crippen molar-refractivity contribution in [3.8, 4) is 0 Å². The van der Waals surface area contributed by atoms with E-state index in [0.717, 1.165) is 0 Å². The zero-order valence-corrected chi connectivity index (χ0v) is 9.40. The molecule has 0 unspecified atom stereocenters. The number of pyridine rings is 1. The molecule has 6 nitrogen and oxygen atoms in total. The largest absolute Gasteiger partial charge is 0.361 e. The minimum atomic E-state index is -0.471. The van der Waals surface area contributed by atoms with E-state index in [1.807, 2.05) is 0 Å². The van der Waals surface area contributed by atoms with Crippen LogP contribution in [0.25, 0.3) is 0 Å². The second kappa shape index (κ2) is 4.25. The average Bonchev–Trinajstić information content (AvgIpc) is 2.70. The Morgan fingerprint density at radius 2 is 2.24 bits per heavy atom. The van der Waals surface area contributed by atoms with Crippen molar-refractivity contribution in [1.82, 2.24) is 10.1 Å². The molecule has 6 heteroatoms. The molecular weight excluding hydrogens is 222 g/mol. The molecule has 2 rings (SSSR count). The van der Waals surface area contributed by atoms with E-state index >= 15 is 0 Å². The molecule has 88 valence electrons. The van der Waals surface area contributed by atoms with Crippen LogP contribution in [0.1, 0.15) is 21.8 Å². The number of hydrogen-bond donors (Lipinski definition) is 2. The molecule has 2 aromatic heterocycles. The fraction of sp³-hybridized carbons (Fsp3) is 0.182. The Hall–Kier alpha value is -2.37. The number of carbonyl (C=O) groups is 1. The van der Waals surface area contributed by atoms with Crippen molar-refractivity contribution in [2.75, 3.05) is 5.32 Å². The second-order valence-corrected chi connectivity index (χ2v) is 3.64. The van der Waals surface area contributed by atoms with Crippen molar-refractivity contribution >= 4 is 11.6 Å². The third kappa shape index (κ3) is 2.25. The van der Waals surface area contributed by atoms with E-state index < -0.39 is 5.91 Å². The Kier molecular flexibility index (Phi) is 2.78. The molecule has 0 aliphatic carbocycles. The Morgan fingerprint density at radius 3 is 2.82 bits per heavy atom. The Balaban J connectivity index is 2.28. The van der Waals surface area contributed by atoms with Gasteiger partial charge in [0.2, 0.25) is 0 Å². The minimum absolute atomic E-state index is 0.144. The van der Waals surface area contributed by atoms with Gasteiger partial charge in [0.1, 0.15) is 11.4 Å². The van der Waals surface area contributed by atoms with Crippen molar-refractivity contribution in [3.05, 3.63) is 45.7 Å². The zero-order chi connectivity index (χ0) is 12.4. The predicted octanol–water partition coefficient (Wildman–Crippen LogP) is 1.23. The molecule has 0 aromatic carbocycles. The third-order valence-corrected chi connectivity index (χ3v) is 2.27. The van der Waals surface area contributed by atoms with Gasteiger partial charge in [-0.25, -0.2) is 0 Å². The van der Waals surface area contributed by atoms with Gasteiger partial charge in [-0.15, -0.1) is 0 Å². The summed E-state index contributed by atoms with van der Waals surface area (Å²) in [6.45, 7) is 3.42. The smallest absolute Gasteiger partial charge is 0.278 e. The summed E-state index contributed by atoms with van der Waals surface area (Å²) in [4.78, 5) is 25.7. The number of aryl methyl sites for hydroxylation is 2. The van der Waals surface area contributed by atoms with Gasteiger partial charge in [0, 0.05) is 12.3 Å². The Morgan fingerprint density at radius 1 is 1.47 bits per heavy atom. The van der Waals surface area contributed by atoms with Crippen molar-refractivity contribution < 1.29 is 9.32 Å². The normalized spacial score (nSPS) is 10.2. The molecule has 1 amide bonds. The average molecular weight is 233 g/mol. The molecule has 2 N–H and O–H groups in total. The standard InChI is InChI=1S/C11H11N3O3/c1-6-3-4-12-11(16)9(6)13-10(15)8-5-7(2)17-14-8/h3-5H,1-2H3,(H,12,16)(H,13,15). The molecule has 0 radical (unpaired) electrons. The lowest BCUT2D eigenvalue weighted by Gasteiger charge is -2.04. The van der Waals surface area contributed by atoms with Gasteiger partial charge in [-0.05, 0) is 25.5 Å². The van der Waals surface area contributed by atoms with Crippen LogP contribution in [0, 0.1) is 13.8 Å². The number of nitrogens with one attached hydrogen (secondary N) is 2. The number of H-pyrrole nitrogens is 1. The number of amides is 1. The summed E-state index contributed by atoms with van der Waals surface area (Å²) in [6, 6.07) is 3.20. The van der Waals surface area contributed by atoms with E-state index in [-0.39, 0.29) is 16.9 Å². The van der Waals surface area contributed by atoms with Gasteiger partial charge in [0.25, 0.3) is 11.5 Å². The SMILES string of the molecule is Cc1cc(C(=O)Nc2c(C)cc[nH]c2=O)no1. The first-order chi connectivity index (χ1) is 8.08. The first kappa shape index (κ1) is 11.1. The minimum Gasteiger partial charge on any atom is -0.361 e. The highest BCUT2D eigenvalue weighted by Crippen LogP contribution is 2.09. The van der Waals surface area contributed by atoms with Gasteiger partial charge >= 0.3 is 0 Å². The molecule has 0 aliphatic rings. The summed E-state index contributed by atoms with van der Waals surface area (Å²) < 4.78 is 4.79. The van der Waals surface area contributed by atoms with E-state index in [2.05, 4.69) is 15.5 Å². The Labute approximate surface area is 96.6 Å². The number of nitrogens with zero attached hydrogens (tertiary/aromatic N) is 1. The number of aromatic amines is 1. The lowest BCUT2D eigenvalue weighted by atomic mass is 10.2. The van der Waals surface area contributed by atoms with Gasteiger partial charge in [0.15, 0.2) is 5.69 Å². The number of hydrogen-bond acceptors (Lipinski definition) is 4. The van der Waals surface area contributed by atoms with Crippen LogP contribution in [0.4, 0.5) is 5.69 Å². The van der Waals surface area contributed by atoms with Crippen molar-refractivity contribution in [1.29, 1.82) is 0 Å². The summed E-state index contributed by atoms with van der Waals surface area (Å²) in [5.41, 5.74) is 0.698. The predicted molar refractivity (Wildman–Crippen MR) is 61.0 cm³/mol. The van der Waals surface area contributed by atoms with Crippen molar-refractivity contribution in [3.63, 3.8) is 0 Å². The van der Waals surface area contributed by atoms with Crippen LogP contribution in [-0.2, 0) is 0 Å². The van der Waals surface area contributed by atoms with Crippen LogP contribution in [0.2, 0.25) is 0 Å². The molecule has 2 aromatic rings. The fourth-order valence-corrected chi connectivity index (χ4v) is 1.38. The van der Waals surface area contributed by atoms with Crippen molar-refractivity contribution in [2.45, 2.75) is 13.8 Å². The van der Waals surface area contributed by atoms with E-state index in [1.54, 1.807) is 19.9 Å². The maximum atomic E-state index is 11.7. The molecule has 0 aliphatic heterocycles. The third-order valence-electron chi connectivity index (χ3n) is 2.27. The fourth-order valence-electron chi connectivity index (χ4n) is 1.38. The van der Waals surface area contributed by atoms with Crippen LogP contribution < -0.4 is 10.9 Å². The zero-order valence-electron chi connectivity index (χ0n) is 9.40. The molecular formula is C11H11N3O3. The lowest BCUT2D eigenvalue weighted by molar-refractivity contribution is 0.101. The molecule has 0 atom stereocenters. The summed E-state index contributed by atoms with van der Waals surface area (Å²) in [7, 11) is 0. The highest BCUT2D eigenvalue weighted by molar-refractivity contribution is 6.03. The molecule has 0 bridgehead atoms. The van der Waals surface area contributed by atoms with Gasteiger partial charge in [-0.2, -0.15) is 0 Å². The van der Waals surface area contributed by atoms with Crippen LogP contribution >= 0.6 is 0 Å². The maximum absolute atomic E-state index is 11.7. The summed E-state index contributed by atoms with van der Waals surface area (Å²) in [5.74, 6) is 0.0653. The Bertz CT molecular complexity index is 612. The van der Waals surface area contributed by atoms with Gasteiger partial charge in [0.05, 0.1) is 0 Å². The van der Waals surface area contributed by atoms with E-state index in [1.165, 1.54) is 12.3 Å². The van der Waals surface area contributed by atoms with Gasteiger partial charge in [-0.3, -0.25) is 9.59 Å². The second-order valence-electron chi connectivity index (χ2n) is 3.64. The van der Waals surface area contributed by atoms with Crippen LogP contribution in [-0.4, -0.2) is 16.0 Å². The molecule has 0 spiro atoms. The molecule has 0 fully saturated rings. The summed E-state index contributed by atoms with van der Waals surface area (Å²) in [5, 5.41) is 6.07. The highest BCUT2D eigenvalue weighted by Gasteiger charge is 2.13. The molecule has 0 saturated heterocycles. The van der Waals surface area contributed by atoms with E-state index in [4.69, 9.17) is 4.52 Å². The topological polar surface area (TPSA) is 88.0 Å². The first-order valence-corrected chi connectivity index (χ1v) is 5.01. The van der Waals surface area contributed by atoms with E-state index in [9.17, 15) is 9.59 Å². The molecule has 17 heavy (non-hydrogen) atoms. The highest BCUT2D eigenvalue weighted by atomic mass is 16.5. The molecule has 0 saturated carbocycles. The summed E-state index contributed by atoms with van der Waals surface area (Å²) >= 11 is 0. The van der Waals surface area contributed by atoms with E-state index in [0.29, 0.717) is 11.3 Å². The number of rotatable bonds is 2. The van der Waals surface area contributed by atoms with Gasteiger partial charge < -0.3 is 14.8 Å². The quantitative estimate of drug-likeness (QED) is 0.816. The van der Waals surface area contributed by atoms with Gasteiger partial charge in [-0.1, -0.05) is 5.16 Å². The van der Waals surface area contributed by atoms with Crippen LogP contribution in [0.5, 0.6) is 0 Å². The summed E-state index contributed by atoms with van der Waals surface area (Å²) in [6.07, 6.45) is 1.52. The van der Waals surface area contributed by atoms with Crippen LogP contribution in [0.15, 0.2) is 27.6 Å². The molecule has 2 heterocycles. The lowest BCUT2D eigenvalue weighted by Crippen LogP contribution is -2.20. The van der Waals surface area contributed by atoms with Crippen LogP contribution in [0.3, 0.4) is 0 Å². The maximum Gasteiger partial charge on any atom is 0.278 e. The van der Waals surface area contributed by atoms with Crippen molar-refractivity contribution in [2.24, 2.45) is 0 Å². The first-order valence-electron chi connectivity index (χ1n) is 5.01.